The molecule has 1 N–H and O–H groups in total. The number of ketones is 1. The smallest absolute Gasteiger partial charge is 0.250 e. The molecule has 0 aliphatic carbocycles. The second-order valence-electron chi connectivity index (χ2n) is 4.86. The van der Waals surface area contributed by atoms with E-state index in [9.17, 15) is 13.2 Å². The van der Waals surface area contributed by atoms with Gasteiger partial charge in [0, 0.05) is 10.5 Å². The van der Waals surface area contributed by atoms with Crippen LogP contribution in [0.4, 0.5) is 0 Å². The third-order valence-electron chi connectivity index (χ3n) is 3.06. The zero-order chi connectivity index (χ0) is 16.9. The van der Waals surface area contributed by atoms with Crippen LogP contribution in [0.5, 0.6) is 0 Å². The molecule has 0 heterocycles. The molecular formula is C17H17NO3S2. The fourth-order valence-electron chi connectivity index (χ4n) is 1.87. The first-order valence-electron chi connectivity index (χ1n) is 6.95. The van der Waals surface area contributed by atoms with Crippen LogP contribution in [0.15, 0.2) is 70.5 Å². The van der Waals surface area contributed by atoms with E-state index >= 15 is 0 Å². The first-order valence-corrected chi connectivity index (χ1v) is 9.25. The number of carbonyl (C=O) groups excluding carboxylic acids is 1. The molecule has 0 fully saturated rings. The molecule has 0 unspecified atom stereocenters. The van der Waals surface area contributed by atoms with Crippen LogP contribution in [0, 0.1) is 6.92 Å². The largest absolute Gasteiger partial charge is 0.289 e. The van der Waals surface area contributed by atoms with Crippen molar-refractivity contribution in [2.75, 3.05) is 0 Å². The van der Waals surface area contributed by atoms with E-state index < -0.39 is 10.0 Å². The molecule has 6 heteroatoms. The van der Waals surface area contributed by atoms with Gasteiger partial charge in [-0.25, -0.2) is 8.42 Å². The van der Waals surface area contributed by atoms with Gasteiger partial charge in [0.1, 0.15) is 0 Å². The number of hydrogen-bond donors (Lipinski definition) is 1. The van der Waals surface area contributed by atoms with Crippen molar-refractivity contribution in [3.63, 3.8) is 0 Å². The van der Waals surface area contributed by atoms with Crippen LogP contribution >= 0.6 is 11.9 Å². The summed E-state index contributed by atoms with van der Waals surface area (Å²) in [4.78, 5) is 12.8. The zero-order valence-corrected chi connectivity index (χ0v) is 14.4. The predicted octanol–water partition coefficient (Wildman–Crippen LogP) is 3.74. The lowest BCUT2D eigenvalue weighted by molar-refractivity contribution is 0.104. The highest BCUT2D eigenvalue weighted by Gasteiger charge is 2.16. The van der Waals surface area contributed by atoms with Crippen molar-refractivity contribution in [2.24, 2.45) is 0 Å². The Morgan fingerprint density at radius 3 is 2.39 bits per heavy atom. The van der Waals surface area contributed by atoms with E-state index in [1.54, 1.807) is 61.5 Å². The highest BCUT2D eigenvalue weighted by atomic mass is 32.3. The molecule has 0 saturated heterocycles. The van der Waals surface area contributed by atoms with Crippen molar-refractivity contribution < 1.29 is 13.2 Å². The maximum absolute atomic E-state index is 12.3. The Bertz CT molecular complexity index is 825. The monoisotopic (exact) mass is 347 g/mol. The molecule has 2 aromatic carbocycles. The summed E-state index contributed by atoms with van der Waals surface area (Å²) < 4.78 is 27.0. The number of rotatable bonds is 6. The molecule has 23 heavy (non-hydrogen) atoms. The number of hydrogen-bond acceptors (Lipinski definition) is 4. The lowest BCUT2D eigenvalue weighted by atomic mass is 10.1. The quantitative estimate of drug-likeness (QED) is 0.491. The minimum Gasteiger partial charge on any atom is -0.289 e. The predicted molar refractivity (Wildman–Crippen MR) is 92.9 cm³/mol. The average molecular weight is 347 g/mol. The topological polar surface area (TPSA) is 63.2 Å². The summed E-state index contributed by atoms with van der Waals surface area (Å²) in [6, 6.07) is 13.5. The van der Waals surface area contributed by atoms with Crippen LogP contribution in [-0.4, -0.2) is 14.2 Å². The summed E-state index contributed by atoms with van der Waals surface area (Å²) >= 11 is 0.915. The van der Waals surface area contributed by atoms with Gasteiger partial charge < -0.3 is 0 Å². The van der Waals surface area contributed by atoms with Crippen LogP contribution < -0.4 is 4.13 Å². The maximum atomic E-state index is 12.3. The van der Waals surface area contributed by atoms with E-state index in [4.69, 9.17) is 0 Å². The first-order chi connectivity index (χ1) is 10.9. The molecule has 120 valence electrons. The van der Waals surface area contributed by atoms with E-state index in [-0.39, 0.29) is 10.7 Å². The van der Waals surface area contributed by atoms with Crippen LogP contribution in [0.3, 0.4) is 0 Å². The Balaban J connectivity index is 2.21. The van der Waals surface area contributed by atoms with Crippen molar-refractivity contribution in [1.29, 1.82) is 0 Å². The number of nitrogens with one attached hydrogen (secondary N) is 1. The average Bonchev–Trinajstić information content (AvgIpc) is 2.54. The van der Waals surface area contributed by atoms with Gasteiger partial charge in [0.15, 0.2) is 5.78 Å². The second-order valence-corrected chi connectivity index (χ2v) is 7.65. The van der Waals surface area contributed by atoms with E-state index in [0.29, 0.717) is 10.5 Å². The number of aryl methyl sites for hydroxylation is 1. The molecule has 2 aromatic rings. The van der Waals surface area contributed by atoms with Gasteiger partial charge in [-0.1, -0.05) is 35.9 Å². The summed E-state index contributed by atoms with van der Waals surface area (Å²) in [5.41, 5.74) is 1.45. The normalized spacial score (nSPS) is 11.7. The van der Waals surface area contributed by atoms with Crippen LogP contribution in [0.25, 0.3) is 0 Å². The van der Waals surface area contributed by atoms with Gasteiger partial charge in [-0.15, -0.1) is 4.13 Å². The van der Waals surface area contributed by atoms with Gasteiger partial charge in [-0.2, -0.15) is 0 Å². The fraction of sp³-hybridized carbons (Fsp3) is 0.118. The highest BCUT2D eigenvalue weighted by molar-refractivity contribution is 8.09. The Kier molecular flexibility index (Phi) is 5.76. The lowest BCUT2D eigenvalue weighted by Gasteiger charge is -2.09. The molecule has 0 amide bonds. The van der Waals surface area contributed by atoms with Crippen molar-refractivity contribution in [1.82, 2.24) is 4.13 Å². The Morgan fingerprint density at radius 2 is 1.74 bits per heavy atom. The fourth-order valence-corrected chi connectivity index (χ4v) is 3.97. The molecule has 0 spiro atoms. The summed E-state index contributed by atoms with van der Waals surface area (Å²) in [5.74, 6) is -0.162. The molecule has 0 aliphatic rings. The SMILES string of the molecule is CC=CC(=O)c1ccccc1SNS(=O)(=O)c1ccc(C)cc1. The van der Waals surface area contributed by atoms with Crippen LogP contribution in [-0.2, 0) is 10.0 Å². The molecular weight excluding hydrogens is 330 g/mol. The van der Waals surface area contributed by atoms with Crippen LogP contribution in [0.2, 0.25) is 0 Å². The van der Waals surface area contributed by atoms with E-state index in [1.807, 2.05) is 6.92 Å². The maximum Gasteiger partial charge on any atom is 0.250 e. The van der Waals surface area contributed by atoms with E-state index in [2.05, 4.69) is 4.13 Å². The molecule has 0 aromatic heterocycles. The minimum atomic E-state index is -3.65. The number of carbonyl (C=O) groups is 1. The van der Waals surface area contributed by atoms with Crippen molar-refractivity contribution in [2.45, 2.75) is 23.6 Å². The molecule has 0 atom stereocenters. The van der Waals surface area contributed by atoms with Gasteiger partial charge in [-0.3, -0.25) is 4.79 Å². The number of sulfonamides is 1. The highest BCUT2D eigenvalue weighted by Crippen LogP contribution is 2.23. The summed E-state index contributed by atoms with van der Waals surface area (Å²) in [6.07, 6.45) is 3.11. The number of benzene rings is 2. The van der Waals surface area contributed by atoms with Gasteiger partial charge >= 0.3 is 0 Å². The molecule has 0 saturated carbocycles. The Morgan fingerprint density at radius 1 is 1.09 bits per heavy atom. The van der Waals surface area contributed by atoms with Gasteiger partial charge in [-0.05, 0) is 56.1 Å². The third-order valence-corrected chi connectivity index (χ3v) is 5.74. The number of allylic oxidation sites excluding steroid dienone is 2. The first kappa shape index (κ1) is 17.5. The van der Waals surface area contributed by atoms with Crippen molar-refractivity contribution in [3.8, 4) is 0 Å². The Hall–Kier alpha value is -1.89. The molecule has 2 rings (SSSR count). The van der Waals surface area contributed by atoms with Gasteiger partial charge in [0.05, 0.1) is 4.90 Å². The Labute approximate surface area is 140 Å². The van der Waals surface area contributed by atoms with Crippen molar-refractivity contribution in [3.05, 3.63) is 71.8 Å². The zero-order valence-electron chi connectivity index (χ0n) is 12.8. The van der Waals surface area contributed by atoms with Gasteiger partial charge in [0.2, 0.25) is 10.0 Å². The summed E-state index contributed by atoms with van der Waals surface area (Å²) in [5, 5.41) is 0. The second kappa shape index (κ2) is 7.59. The summed E-state index contributed by atoms with van der Waals surface area (Å²) in [7, 11) is -3.65. The molecule has 0 aliphatic heterocycles. The van der Waals surface area contributed by atoms with Crippen LogP contribution in [0.1, 0.15) is 22.8 Å². The lowest BCUT2D eigenvalue weighted by Crippen LogP contribution is -2.17. The molecule has 0 bridgehead atoms. The van der Waals surface area contributed by atoms with E-state index in [1.165, 1.54) is 6.08 Å². The molecule has 4 nitrogen and oxygen atoms in total. The minimum absolute atomic E-state index is 0.162. The third kappa shape index (κ3) is 4.54. The van der Waals surface area contributed by atoms with Crippen molar-refractivity contribution >= 4 is 27.8 Å². The molecule has 0 radical (unpaired) electrons. The summed E-state index contributed by atoms with van der Waals surface area (Å²) in [6.45, 7) is 3.65. The van der Waals surface area contributed by atoms with Gasteiger partial charge in [0.25, 0.3) is 0 Å². The van der Waals surface area contributed by atoms with E-state index in [0.717, 1.165) is 17.5 Å². The standard InChI is InChI=1S/C17H17NO3S2/c1-3-6-16(19)15-7-4-5-8-17(15)22-18-23(20,21)14-11-9-13(2)10-12-14/h3-12,18H,1-2H3.